The number of halogens is 3. The number of ether oxygens (including phenoxy) is 2. The summed E-state index contributed by atoms with van der Waals surface area (Å²) < 4.78 is 43.4. The van der Waals surface area contributed by atoms with Gasteiger partial charge in [-0.2, -0.15) is 13.2 Å². The van der Waals surface area contributed by atoms with Gasteiger partial charge in [0.1, 0.15) is 5.82 Å². The van der Waals surface area contributed by atoms with Crippen LogP contribution in [0.15, 0.2) is 12.1 Å². The third-order valence-corrected chi connectivity index (χ3v) is 5.95. The number of hydrogen-bond acceptors (Lipinski definition) is 6. The molecule has 2 heterocycles. The van der Waals surface area contributed by atoms with Crippen LogP contribution in [0.4, 0.5) is 19.0 Å². The molecule has 1 aromatic heterocycles. The van der Waals surface area contributed by atoms with Gasteiger partial charge >= 0.3 is 12.1 Å². The molecule has 0 radical (unpaired) electrons. The highest BCUT2D eigenvalue weighted by molar-refractivity contribution is 5.94. The second-order valence-corrected chi connectivity index (χ2v) is 8.53. The average Bonchev–Trinajstić information content (AvgIpc) is 3.48. The molecule has 1 fully saturated rings. The lowest BCUT2D eigenvalue weighted by Gasteiger charge is -2.17. The lowest BCUT2D eigenvalue weighted by Crippen LogP contribution is -2.21. The molecule has 2 aliphatic rings. The van der Waals surface area contributed by atoms with Crippen LogP contribution in [-0.4, -0.2) is 66.4 Å². The van der Waals surface area contributed by atoms with Crippen LogP contribution in [0.5, 0.6) is 11.5 Å². The number of methoxy groups -OCH3 is 1. The molecule has 1 aromatic carbocycles. The van der Waals surface area contributed by atoms with Crippen molar-refractivity contribution in [2.45, 2.75) is 51.6 Å². The third kappa shape index (κ3) is 6.97. The number of rotatable bonds is 7. The van der Waals surface area contributed by atoms with Gasteiger partial charge in [0.15, 0.2) is 11.5 Å². The van der Waals surface area contributed by atoms with Gasteiger partial charge in [-0.1, -0.05) is 0 Å². The highest BCUT2D eigenvalue weighted by Gasteiger charge is 2.38. The molecule has 0 spiro atoms. The lowest BCUT2D eigenvalue weighted by molar-refractivity contribution is -0.192. The van der Waals surface area contributed by atoms with Gasteiger partial charge in [0, 0.05) is 24.9 Å². The van der Waals surface area contributed by atoms with Gasteiger partial charge in [-0.25, -0.2) is 9.78 Å². The van der Waals surface area contributed by atoms with Crippen molar-refractivity contribution in [3.8, 4) is 11.5 Å². The molecule has 2 N–H and O–H groups in total. The fourth-order valence-corrected chi connectivity index (χ4v) is 4.39. The van der Waals surface area contributed by atoms with Crippen molar-refractivity contribution >= 4 is 28.6 Å². The zero-order chi connectivity index (χ0) is 25.6. The van der Waals surface area contributed by atoms with E-state index in [2.05, 4.69) is 10.2 Å². The Morgan fingerprint density at radius 1 is 1.11 bits per heavy atom. The van der Waals surface area contributed by atoms with E-state index < -0.39 is 12.1 Å². The molecule has 0 unspecified atom stereocenters. The number of hydrogen-bond donors (Lipinski definition) is 2. The minimum Gasteiger partial charge on any atom is -0.493 e. The molecule has 0 saturated carbocycles. The topological polar surface area (TPSA) is 101 Å². The summed E-state index contributed by atoms with van der Waals surface area (Å²) in [5.74, 6) is -0.689. The summed E-state index contributed by atoms with van der Waals surface area (Å²) in [6, 6.07) is 3.99. The Morgan fingerprint density at radius 2 is 1.77 bits per heavy atom. The number of carboxylic acids is 1. The van der Waals surface area contributed by atoms with Crippen molar-refractivity contribution in [1.82, 2.24) is 9.88 Å². The first kappa shape index (κ1) is 26.5. The number of pyridine rings is 1. The number of aliphatic carboxylic acids is 1. The summed E-state index contributed by atoms with van der Waals surface area (Å²) in [6.45, 7) is 5.67. The van der Waals surface area contributed by atoms with Gasteiger partial charge in [-0.15, -0.1) is 0 Å². The Morgan fingerprint density at radius 3 is 2.37 bits per heavy atom. The van der Waals surface area contributed by atoms with Crippen molar-refractivity contribution in [2.24, 2.45) is 0 Å². The fourth-order valence-electron chi connectivity index (χ4n) is 4.39. The van der Waals surface area contributed by atoms with E-state index in [-0.39, 0.29) is 5.91 Å². The standard InChI is InChI=1S/C22H29N3O3.C2HF3O2/c1-15(26)23-22-17-8-5-7-16(17)18-13-20(27-2)21(14-19(18)24-22)28-12-6-11-25-9-3-4-10-25;3-2(4,5)1(6)7/h13-14H,3-12H2,1-2H3,(H,23,24,26);(H,6,7). The number of carboxylic acid groups (broad SMARTS) is 1. The number of nitrogens with zero attached hydrogens (tertiary/aromatic N) is 2. The number of nitrogens with one attached hydrogen (secondary N) is 1. The normalized spacial score (nSPS) is 15.3. The Balaban J connectivity index is 0.000000429. The molecule has 2 aromatic rings. The second-order valence-electron chi connectivity index (χ2n) is 8.53. The molecular formula is C24H30F3N3O5. The minimum atomic E-state index is -5.08. The number of carbonyl (C=O) groups excluding carboxylic acids is 1. The monoisotopic (exact) mass is 497 g/mol. The van der Waals surface area contributed by atoms with E-state index >= 15 is 0 Å². The van der Waals surface area contributed by atoms with Crippen LogP contribution in [0, 0.1) is 0 Å². The van der Waals surface area contributed by atoms with Gasteiger partial charge in [-0.05, 0) is 68.8 Å². The van der Waals surface area contributed by atoms with Crippen LogP contribution < -0.4 is 14.8 Å². The number of alkyl halides is 3. The molecule has 8 nitrogen and oxygen atoms in total. The number of aryl methyl sites for hydroxylation is 1. The smallest absolute Gasteiger partial charge is 0.490 e. The number of benzene rings is 1. The molecule has 0 atom stereocenters. The SMILES string of the molecule is COc1cc2c3c(c(NC(C)=O)nc2cc1OCCCN1CCCC1)CCC3.O=C(O)C(F)(F)F. The number of aromatic nitrogens is 1. The van der Waals surface area contributed by atoms with E-state index in [1.54, 1.807) is 7.11 Å². The number of carbonyl (C=O) groups is 2. The van der Waals surface area contributed by atoms with Crippen LogP contribution in [0.1, 0.15) is 43.7 Å². The van der Waals surface area contributed by atoms with Crippen LogP contribution in [0.25, 0.3) is 10.9 Å². The summed E-state index contributed by atoms with van der Waals surface area (Å²) in [7, 11) is 1.68. The maximum Gasteiger partial charge on any atom is 0.490 e. The quantitative estimate of drug-likeness (QED) is 0.553. The van der Waals surface area contributed by atoms with Gasteiger partial charge in [0.05, 0.1) is 19.2 Å². The number of anilines is 1. The lowest BCUT2D eigenvalue weighted by atomic mass is 10.0. The largest absolute Gasteiger partial charge is 0.493 e. The highest BCUT2D eigenvalue weighted by Crippen LogP contribution is 2.39. The molecular weight excluding hydrogens is 467 g/mol. The minimum absolute atomic E-state index is 0.0900. The van der Waals surface area contributed by atoms with Crippen LogP contribution in [0.2, 0.25) is 0 Å². The Kier molecular flexibility index (Phi) is 8.76. The summed E-state index contributed by atoms with van der Waals surface area (Å²) in [4.78, 5) is 27.7. The van der Waals surface area contributed by atoms with E-state index in [0.29, 0.717) is 12.4 Å². The van der Waals surface area contributed by atoms with Crippen molar-refractivity contribution in [2.75, 3.05) is 38.7 Å². The molecule has 1 aliphatic carbocycles. The molecule has 1 aliphatic heterocycles. The molecule has 11 heteroatoms. The zero-order valence-electron chi connectivity index (χ0n) is 19.8. The van der Waals surface area contributed by atoms with E-state index in [1.165, 1.54) is 38.4 Å². The molecule has 192 valence electrons. The number of amides is 1. The van der Waals surface area contributed by atoms with Gasteiger partial charge < -0.3 is 24.8 Å². The van der Waals surface area contributed by atoms with Gasteiger partial charge in [0.25, 0.3) is 0 Å². The first-order chi connectivity index (χ1) is 16.6. The van der Waals surface area contributed by atoms with Crippen molar-refractivity contribution in [3.05, 3.63) is 23.3 Å². The Hall–Kier alpha value is -3.08. The average molecular weight is 498 g/mol. The van der Waals surface area contributed by atoms with E-state index in [1.807, 2.05) is 12.1 Å². The summed E-state index contributed by atoms with van der Waals surface area (Å²) >= 11 is 0. The second kappa shape index (κ2) is 11.6. The number of likely N-dealkylation sites (tertiary alicyclic amines) is 1. The molecule has 1 amide bonds. The summed E-state index contributed by atoms with van der Waals surface area (Å²) in [5, 5.41) is 11.1. The predicted molar refractivity (Wildman–Crippen MR) is 124 cm³/mol. The first-order valence-electron chi connectivity index (χ1n) is 11.6. The van der Waals surface area contributed by atoms with Crippen molar-refractivity contribution < 1.29 is 37.3 Å². The fraction of sp³-hybridized carbons (Fsp3) is 0.542. The molecule has 35 heavy (non-hydrogen) atoms. The Labute approximate surface area is 201 Å². The first-order valence-corrected chi connectivity index (χ1v) is 11.6. The maximum atomic E-state index is 11.6. The highest BCUT2D eigenvalue weighted by atomic mass is 19.4. The van der Waals surface area contributed by atoms with Crippen LogP contribution in [-0.2, 0) is 22.4 Å². The Bertz CT molecular complexity index is 1070. The molecule has 0 bridgehead atoms. The van der Waals surface area contributed by atoms with Crippen molar-refractivity contribution in [1.29, 1.82) is 0 Å². The van der Waals surface area contributed by atoms with E-state index in [4.69, 9.17) is 24.4 Å². The zero-order valence-corrected chi connectivity index (χ0v) is 19.8. The van der Waals surface area contributed by atoms with Crippen LogP contribution >= 0.6 is 0 Å². The van der Waals surface area contributed by atoms with Gasteiger partial charge in [0.2, 0.25) is 5.91 Å². The van der Waals surface area contributed by atoms with Gasteiger partial charge in [-0.3, -0.25) is 4.79 Å². The van der Waals surface area contributed by atoms with E-state index in [0.717, 1.165) is 60.2 Å². The van der Waals surface area contributed by atoms with E-state index in [9.17, 15) is 18.0 Å². The maximum absolute atomic E-state index is 11.6. The molecule has 4 rings (SSSR count). The predicted octanol–water partition coefficient (Wildman–Crippen LogP) is 4.19. The summed E-state index contributed by atoms with van der Waals surface area (Å²) in [6.07, 6.45) is 1.57. The third-order valence-electron chi connectivity index (χ3n) is 5.95. The molecule has 1 saturated heterocycles. The van der Waals surface area contributed by atoms with Crippen LogP contribution in [0.3, 0.4) is 0 Å². The summed E-state index contributed by atoms with van der Waals surface area (Å²) in [5.41, 5.74) is 3.27. The number of fused-ring (bicyclic) bond motifs is 3. The van der Waals surface area contributed by atoms with Crippen molar-refractivity contribution in [3.63, 3.8) is 0 Å².